The molecule has 0 unspecified atom stereocenters. The number of ether oxygens (including phenoxy) is 3. The summed E-state index contributed by atoms with van der Waals surface area (Å²) in [6.07, 6.45) is 1.42. The topological polar surface area (TPSA) is 72.9 Å². The van der Waals surface area contributed by atoms with Gasteiger partial charge in [-0.2, -0.15) is 0 Å². The predicted molar refractivity (Wildman–Crippen MR) is 165 cm³/mol. The van der Waals surface area contributed by atoms with Gasteiger partial charge in [-0.3, -0.25) is 4.79 Å². The SMILES string of the molecule is CO[C@H]1CN(c2nc(-c3cccc(Cl)c3OCc3ccc4c(c3)[C@H](C)CNCC4)cs2)CC[C@H]1C(=O)OC(C)(C)C. The Hall–Kier alpha value is -2.65. The van der Waals surface area contributed by atoms with Gasteiger partial charge >= 0.3 is 5.97 Å². The zero-order valence-electron chi connectivity index (χ0n) is 24.5. The van der Waals surface area contributed by atoms with Gasteiger partial charge in [0.05, 0.1) is 22.7 Å². The fourth-order valence-corrected chi connectivity index (χ4v) is 6.69. The van der Waals surface area contributed by atoms with E-state index in [1.165, 1.54) is 11.1 Å². The fourth-order valence-electron chi connectivity index (χ4n) is 5.59. The summed E-state index contributed by atoms with van der Waals surface area (Å²) in [6, 6.07) is 12.4. The van der Waals surface area contributed by atoms with Crippen LogP contribution in [0.25, 0.3) is 11.3 Å². The summed E-state index contributed by atoms with van der Waals surface area (Å²) in [4.78, 5) is 19.9. The largest absolute Gasteiger partial charge is 0.487 e. The Balaban J connectivity index is 1.30. The van der Waals surface area contributed by atoms with E-state index < -0.39 is 5.60 Å². The first-order valence-corrected chi connectivity index (χ1v) is 15.6. The summed E-state index contributed by atoms with van der Waals surface area (Å²) < 4.78 is 17.8. The number of nitrogens with zero attached hydrogens (tertiary/aromatic N) is 2. The number of thiazole rings is 1. The standard InChI is InChI=1S/C32H40ClN3O4S/c1-20-16-34-13-11-22-10-9-21(15-25(20)22)18-39-29-23(7-6-8-26(29)33)27-19-41-31(35-27)36-14-12-24(28(17-36)38-5)30(37)40-32(2,3)4/h6-10,15,19-20,24,28,34H,11-14,16-18H2,1-5H3/t20-,24-,28+/m1/s1. The van der Waals surface area contributed by atoms with Crippen molar-refractivity contribution in [1.82, 2.24) is 10.3 Å². The van der Waals surface area contributed by atoms with E-state index in [1.807, 2.05) is 44.4 Å². The first-order valence-electron chi connectivity index (χ1n) is 14.3. The van der Waals surface area contributed by atoms with Crippen LogP contribution in [0.3, 0.4) is 0 Å². The van der Waals surface area contributed by atoms with Crippen molar-refractivity contribution >= 4 is 34.0 Å². The highest BCUT2D eigenvalue weighted by Gasteiger charge is 2.38. The molecule has 220 valence electrons. The van der Waals surface area contributed by atoms with Gasteiger partial charge in [-0.1, -0.05) is 42.8 Å². The molecule has 1 fully saturated rings. The maximum atomic E-state index is 12.8. The van der Waals surface area contributed by atoms with Crippen LogP contribution in [0.4, 0.5) is 5.13 Å². The molecule has 0 spiro atoms. The molecule has 41 heavy (non-hydrogen) atoms. The molecule has 2 aromatic carbocycles. The second-order valence-corrected chi connectivity index (χ2v) is 13.2. The quantitative estimate of drug-likeness (QED) is 0.313. The molecule has 5 rings (SSSR count). The van der Waals surface area contributed by atoms with Crippen molar-refractivity contribution in [2.24, 2.45) is 5.92 Å². The third-order valence-electron chi connectivity index (χ3n) is 7.72. The molecule has 3 aromatic rings. The minimum Gasteiger partial charge on any atom is -0.487 e. The van der Waals surface area contributed by atoms with E-state index in [0.29, 0.717) is 42.8 Å². The van der Waals surface area contributed by atoms with Crippen LogP contribution < -0.4 is 15.0 Å². The van der Waals surface area contributed by atoms with E-state index in [0.717, 1.165) is 41.5 Å². The second-order valence-electron chi connectivity index (χ2n) is 12.0. The number of fused-ring (bicyclic) bond motifs is 1. The Morgan fingerprint density at radius 2 is 2.07 bits per heavy atom. The van der Waals surface area contributed by atoms with Gasteiger partial charge in [0.2, 0.25) is 0 Å². The Kier molecular flexibility index (Phi) is 9.24. The second kappa shape index (κ2) is 12.7. The van der Waals surface area contributed by atoms with Crippen molar-refractivity contribution in [2.75, 3.05) is 38.2 Å². The summed E-state index contributed by atoms with van der Waals surface area (Å²) in [5.41, 5.74) is 5.07. The Bertz CT molecular complexity index is 1370. The van der Waals surface area contributed by atoms with Crippen LogP contribution in [0.2, 0.25) is 5.02 Å². The van der Waals surface area contributed by atoms with Crippen molar-refractivity contribution in [3.05, 3.63) is 63.5 Å². The van der Waals surface area contributed by atoms with Crippen LogP contribution in [0.15, 0.2) is 41.8 Å². The number of piperidine rings is 1. The molecule has 9 heteroatoms. The molecular formula is C32H40ClN3O4S. The molecule has 0 radical (unpaired) electrons. The van der Waals surface area contributed by atoms with Crippen LogP contribution in [-0.4, -0.2) is 55.9 Å². The smallest absolute Gasteiger partial charge is 0.312 e. The van der Waals surface area contributed by atoms with Crippen molar-refractivity contribution in [3.63, 3.8) is 0 Å². The summed E-state index contributed by atoms with van der Waals surface area (Å²) in [5, 5.41) is 6.99. The molecule has 0 bridgehead atoms. The summed E-state index contributed by atoms with van der Waals surface area (Å²) in [6.45, 7) is 11.6. The molecule has 2 aliphatic heterocycles. The molecule has 1 N–H and O–H groups in total. The first-order chi connectivity index (χ1) is 19.6. The lowest BCUT2D eigenvalue weighted by atomic mass is 9.93. The minimum absolute atomic E-state index is 0.204. The van der Waals surface area contributed by atoms with Gasteiger partial charge in [-0.05, 0) is 74.9 Å². The van der Waals surface area contributed by atoms with Crippen LogP contribution >= 0.6 is 22.9 Å². The van der Waals surface area contributed by atoms with Gasteiger partial charge in [0.15, 0.2) is 5.13 Å². The lowest BCUT2D eigenvalue weighted by Crippen LogP contribution is -2.49. The molecule has 7 nitrogen and oxygen atoms in total. The summed E-state index contributed by atoms with van der Waals surface area (Å²) in [7, 11) is 1.65. The molecule has 0 saturated carbocycles. The van der Waals surface area contributed by atoms with Gasteiger partial charge < -0.3 is 24.4 Å². The number of anilines is 1. The number of carbonyl (C=O) groups excluding carboxylic acids is 1. The maximum absolute atomic E-state index is 12.8. The van der Waals surface area contributed by atoms with Gasteiger partial charge in [0.1, 0.15) is 18.0 Å². The van der Waals surface area contributed by atoms with Crippen molar-refractivity contribution in [2.45, 2.75) is 64.8 Å². The van der Waals surface area contributed by atoms with Crippen LogP contribution in [0, 0.1) is 5.92 Å². The van der Waals surface area contributed by atoms with Crippen LogP contribution in [0.5, 0.6) is 5.75 Å². The minimum atomic E-state index is -0.525. The molecule has 2 aliphatic rings. The van der Waals surface area contributed by atoms with Crippen molar-refractivity contribution < 1.29 is 19.0 Å². The highest BCUT2D eigenvalue weighted by molar-refractivity contribution is 7.14. The van der Waals surface area contributed by atoms with E-state index in [-0.39, 0.29) is 18.0 Å². The molecule has 3 atom stereocenters. The normalized spacial score (nSPS) is 21.2. The number of carbonyl (C=O) groups is 1. The van der Waals surface area contributed by atoms with Gasteiger partial charge in [0.25, 0.3) is 0 Å². The number of methoxy groups -OCH3 is 1. The molecule has 3 heterocycles. The molecule has 0 aliphatic carbocycles. The zero-order chi connectivity index (χ0) is 29.1. The van der Waals surface area contributed by atoms with E-state index in [4.69, 9.17) is 30.8 Å². The van der Waals surface area contributed by atoms with Crippen molar-refractivity contribution in [1.29, 1.82) is 0 Å². The predicted octanol–water partition coefficient (Wildman–Crippen LogP) is 6.47. The zero-order valence-corrected chi connectivity index (χ0v) is 26.1. The number of hydrogen-bond donors (Lipinski definition) is 1. The summed E-state index contributed by atoms with van der Waals surface area (Å²) in [5.74, 6) is 0.595. The Morgan fingerprint density at radius 3 is 2.85 bits per heavy atom. The monoisotopic (exact) mass is 597 g/mol. The lowest BCUT2D eigenvalue weighted by Gasteiger charge is -2.37. The lowest BCUT2D eigenvalue weighted by molar-refractivity contribution is -0.165. The van der Waals surface area contributed by atoms with E-state index in [1.54, 1.807) is 18.4 Å². The number of rotatable bonds is 7. The average molecular weight is 598 g/mol. The van der Waals surface area contributed by atoms with E-state index in [9.17, 15) is 4.79 Å². The number of nitrogens with one attached hydrogen (secondary N) is 1. The Morgan fingerprint density at radius 1 is 1.24 bits per heavy atom. The van der Waals surface area contributed by atoms with Gasteiger partial charge in [-0.15, -0.1) is 11.3 Å². The summed E-state index contributed by atoms with van der Waals surface area (Å²) >= 11 is 8.23. The van der Waals surface area contributed by atoms with Crippen LogP contribution in [-0.2, 0) is 27.3 Å². The third-order valence-corrected chi connectivity index (χ3v) is 8.92. The number of benzene rings is 2. The van der Waals surface area contributed by atoms with Crippen molar-refractivity contribution in [3.8, 4) is 17.0 Å². The molecule has 1 aromatic heterocycles. The number of aromatic nitrogens is 1. The molecule has 1 saturated heterocycles. The number of halogens is 1. The highest BCUT2D eigenvalue weighted by Crippen LogP contribution is 2.39. The third kappa shape index (κ3) is 7.05. The number of para-hydroxylation sites is 1. The first kappa shape index (κ1) is 29.8. The number of hydrogen-bond acceptors (Lipinski definition) is 8. The van der Waals surface area contributed by atoms with Gasteiger partial charge in [-0.25, -0.2) is 4.98 Å². The molecular weight excluding hydrogens is 558 g/mol. The Labute approximate surface area is 252 Å². The number of esters is 1. The van der Waals surface area contributed by atoms with Gasteiger partial charge in [0, 0.05) is 37.7 Å². The van der Waals surface area contributed by atoms with Crippen LogP contribution in [0.1, 0.15) is 56.7 Å². The van der Waals surface area contributed by atoms with E-state index >= 15 is 0 Å². The highest BCUT2D eigenvalue weighted by atomic mass is 35.5. The molecule has 0 amide bonds. The fraction of sp³-hybridized carbons (Fsp3) is 0.500. The van der Waals surface area contributed by atoms with E-state index in [2.05, 4.69) is 35.3 Å². The maximum Gasteiger partial charge on any atom is 0.312 e. The average Bonchev–Trinajstić information content (AvgIpc) is 3.36.